The van der Waals surface area contributed by atoms with E-state index < -0.39 is 5.79 Å². The fraction of sp³-hybridized carbons (Fsp3) is 0.500. The molecule has 1 aliphatic carbocycles. The highest BCUT2D eigenvalue weighted by molar-refractivity contribution is 9.10. The van der Waals surface area contributed by atoms with Gasteiger partial charge in [0, 0.05) is 54.9 Å². The first-order chi connectivity index (χ1) is 15.1. The number of ether oxygens (including phenoxy) is 2. The van der Waals surface area contributed by atoms with E-state index in [1.165, 1.54) is 0 Å². The van der Waals surface area contributed by atoms with Crippen LogP contribution < -0.4 is 25.7 Å². The average Bonchev–Trinajstić information content (AvgIpc) is 3.00. The molecule has 1 saturated heterocycles. The first-order valence-electron chi connectivity index (χ1n) is 11.0. The Kier molecular flexibility index (Phi) is 4.94. The van der Waals surface area contributed by atoms with Gasteiger partial charge in [-0.3, -0.25) is 9.59 Å². The number of aryl methyl sites for hydroxylation is 2. The van der Waals surface area contributed by atoms with Crippen LogP contribution in [0.3, 0.4) is 0 Å². The molecule has 1 saturated carbocycles. The molecule has 2 aromatic rings. The Morgan fingerprint density at radius 3 is 2.50 bits per heavy atom. The van der Waals surface area contributed by atoms with Crippen LogP contribution in [-0.4, -0.2) is 29.8 Å². The maximum absolute atomic E-state index is 13.0. The highest BCUT2D eigenvalue weighted by atomic mass is 79.9. The lowest BCUT2D eigenvalue weighted by atomic mass is 9.56. The van der Waals surface area contributed by atoms with Crippen molar-refractivity contribution in [1.82, 2.24) is 15.6 Å². The van der Waals surface area contributed by atoms with Gasteiger partial charge in [-0.2, -0.15) is 0 Å². The van der Waals surface area contributed by atoms with Crippen molar-refractivity contribution in [3.63, 3.8) is 0 Å². The van der Waals surface area contributed by atoms with Gasteiger partial charge in [-0.25, -0.2) is 0 Å². The minimum atomic E-state index is -0.724. The molecule has 0 bridgehead atoms. The van der Waals surface area contributed by atoms with Gasteiger partial charge in [-0.1, -0.05) is 0 Å². The van der Waals surface area contributed by atoms with E-state index in [0.717, 1.165) is 42.8 Å². The zero-order valence-corrected chi connectivity index (χ0v) is 20.4. The van der Waals surface area contributed by atoms with Crippen LogP contribution in [0, 0.1) is 32.1 Å². The van der Waals surface area contributed by atoms with Crippen LogP contribution in [-0.2, 0) is 6.54 Å². The van der Waals surface area contributed by atoms with E-state index >= 15 is 0 Å². The maximum Gasteiger partial charge on any atom is 0.253 e. The minimum Gasteiger partial charge on any atom is -0.448 e. The molecule has 1 aromatic carbocycles. The molecule has 1 atom stereocenters. The molecule has 5 rings (SSSR count). The first kappa shape index (κ1) is 21.5. The van der Waals surface area contributed by atoms with Crippen molar-refractivity contribution in [3.05, 3.63) is 54.9 Å². The Bertz CT molecular complexity index is 1180. The van der Waals surface area contributed by atoms with E-state index in [0.29, 0.717) is 38.4 Å². The van der Waals surface area contributed by atoms with Gasteiger partial charge >= 0.3 is 0 Å². The largest absolute Gasteiger partial charge is 0.448 e. The standard InChI is InChI=1S/C24H28BrN3O4/c1-12-5-13(2)28-22(30)17(12)9-27-21(29)16-6-18(25)20-19(14(16)3)31-23(4,32-20)15-7-24(8-15)10-26-11-24/h5-6,15,26H,7-11H2,1-4H3,(H,27,29)(H,28,30). The Labute approximate surface area is 195 Å². The third kappa shape index (κ3) is 3.35. The highest BCUT2D eigenvalue weighted by Crippen LogP contribution is 2.58. The topological polar surface area (TPSA) is 92.4 Å². The highest BCUT2D eigenvalue weighted by Gasteiger charge is 2.58. The zero-order valence-electron chi connectivity index (χ0n) is 18.8. The fourth-order valence-electron chi connectivity index (χ4n) is 5.24. The van der Waals surface area contributed by atoms with Crippen LogP contribution in [0.2, 0.25) is 0 Å². The van der Waals surface area contributed by atoms with Crippen LogP contribution in [0.15, 0.2) is 21.4 Å². The molecule has 2 aliphatic heterocycles. The third-order valence-electron chi connectivity index (χ3n) is 7.31. The predicted octanol–water partition coefficient (Wildman–Crippen LogP) is 3.48. The molecule has 1 unspecified atom stereocenters. The van der Waals surface area contributed by atoms with Gasteiger partial charge in [0.25, 0.3) is 17.3 Å². The van der Waals surface area contributed by atoms with Gasteiger partial charge in [0.2, 0.25) is 0 Å². The molecule has 3 heterocycles. The number of amides is 1. The Morgan fingerprint density at radius 2 is 1.88 bits per heavy atom. The summed E-state index contributed by atoms with van der Waals surface area (Å²) in [7, 11) is 0. The summed E-state index contributed by atoms with van der Waals surface area (Å²) in [5.41, 5.74) is 3.67. The number of fused-ring (bicyclic) bond motifs is 1. The SMILES string of the molecule is Cc1cc(C)c(CNC(=O)c2cc(Br)c3c(c2C)OC(C)(C2CC4(CNC4)C2)O3)c(=O)[nH]1. The number of nitrogens with one attached hydrogen (secondary N) is 3. The number of rotatable bonds is 4. The van der Waals surface area contributed by atoms with E-state index in [1.807, 2.05) is 33.8 Å². The van der Waals surface area contributed by atoms with E-state index in [1.54, 1.807) is 6.07 Å². The fourth-order valence-corrected chi connectivity index (χ4v) is 5.73. The van der Waals surface area contributed by atoms with Crippen LogP contribution in [0.25, 0.3) is 0 Å². The maximum atomic E-state index is 13.0. The Morgan fingerprint density at radius 1 is 1.19 bits per heavy atom. The second-order valence-electron chi connectivity index (χ2n) is 9.74. The summed E-state index contributed by atoms with van der Waals surface area (Å²) in [6.45, 7) is 9.88. The number of benzene rings is 1. The molecule has 1 aromatic heterocycles. The number of H-pyrrole nitrogens is 1. The molecule has 8 heteroatoms. The van der Waals surface area contributed by atoms with Gasteiger partial charge in [-0.05, 0) is 72.7 Å². The molecule has 3 aliphatic rings. The molecule has 3 N–H and O–H groups in total. The molecular formula is C24H28BrN3O4. The van der Waals surface area contributed by atoms with Crippen molar-refractivity contribution < 1.29 is 14.3 Å². The van der Waals surface area contributed by atoms with Crippen LogP contribution in [0.1, 0.15) is 52.5 Å². The summed E-state index contributed by atoms with van der Waals surface area (Å²) in [5, 5.41) is 6.25. The lowest BCUT2D eigenvalue weighted by Crippen LogP contribution is -2.65. The minimum absolute atomic E-state index is 0.154. The molecule has 2 fully saturated rings. The predicted molar refractivity (Wildman–Crippen MR) is 124 cm³/mol. The number of halogens is 1. The molecule has 1 spiro atoms. The molecule has 170 valence electrons. The lowest BCUT2D eigenvalue weighted by molar-refractivity contribution is -0.179. The lowest BCUT2D eigenvalue weighted by Gasteiger charge is -2.57. The number of carbonyl (C=O) groups excluding carboxylic acids is 1. The van der Waals surface area contributed by atoms with Crippen molar-refractivity contribution in [3.8, 4) is 11.5 Å². The first-order valence-corrected chi connectivity index (χ1v) is 11.8. The van der Waals surface area contributed by atoms with Gasteiger partial charge in [0.15, 0.2) is 11.5 Å². The molecule has 1 amide bonds. The van der Waals surface area contributed by atoms with Crippen LogP contribution in [0.4, 0.5) is 0 Å². The quantitative estimate of drug-likeness (QED) is 0.596. The summed E-state index contributed by atoms with van der Waals surface area (Å²) in [5.74, 6) is 0.601. The second-order valence-corrected chi connectivity index (χ2v) is 10.6. The average molecular weight is 502 g/mol. The monoisotopic (exact) mass is 501 g/mol. The summed E-state index contributed by atoms with van der Waals surface area (Å²) in [6.07, 6.45) is 2.16. The summed E-state index contributed by atoms with van der Waals surface area (Å²) in [4.78, 5) is 28.1. The summed E-state index contributed by atoms with van der Waals surface area (Å²) < 4.78 is 13.4. The molecule has 7 nitrogen and oxygen atoms in total. The van der Waals surface area contributed by atoms with Crippen molar-refractivity contribution in [2.45, 2.75) is 52.9 Å². The Hall–Kier alpha value is -2.32. The van der Waals surface area contributed by atoms with E-state index in [-0.39, 0.29) is 18.0 Å². The number of aromatic amines is 1. The normalized spacial score (nSPS) is 23.0. The number of carbonyl (C=O) groups is 1. The van der Waals surface area contributed by atoms with Crippen LogP contribution >= 0.6 is 15.9 Å². The van der Waals surface area contributed by atoms with E-state index in [9.17, 15) is 9.59 Å². The van der Waals surface area contributed by atoms with E-state index in [4.69, 9.17) is 9.47 Å². The number of hydrogen-bond donors (Lipinski definition) is 3. The van der Waals surface area contributed by atoms with E-state index in [2.05, 4.69) is 31.5 Å². The summed E-state index contributed by atoms with van der Waals surface area (Å²) >= 11 is 3.57. The van der Waals surface area contributed by atoms with Gasteiger partial charge in [-0.15, -0.1) is 0 Å². The van der Waals surface area contributed by atoms with Crippen LogP contribution in [0.5, 0.6) is 11.5 Å². The van der Waals surface area contributed by atoms with Gasteiger partial charge in [0.05, 0.1) is 4.47 Å². The van der Waals surface area contributed by atoms with Crippen molar-refractivity contribution >= 4 is 21.8 Å². The molecular weight excluding hydrogens is 474 g/mol. The third-order valence-corrected chi connectivity index (χ3v) is 7.90. The van der Waals surface area contributed by atoms with Gasteiger partial charge in [0.1, 0.15) is 0 Å². The number of hydrogen-bond acceptors (Lipinski definition) is 5. The smallest absolute Gasteiger partial charge is 0.253 e. The van der Waals surface area contributed by atoms with Gasteiger partial charge < -0.3 is 25.1 Å². The number of pyridine rings is 1. The second kappa shape index (κ2) is 7.35. The zero-order chi connectivity index (χ0) is 22.8. The van der Waals surface area contributed by atoms with Crippen molar-refractivity contribution in [1.29, 1.82) is 0 Å². The number of aromatic nitrogens is 1. The van der Waals surface area contributed by atoms with Crippen molar-refractivity contribution in [2.24, 2.45) is 11.3 Å². The Balaban J connectivity index is 1.35. The molecule has 0 radical (unpaired) electrons. The molecule has 32 heavy (non-hydrogen) atoms. The van der Waals surface area contributed by atoms with Crippen molar-refractivity contribution in [2.75, 3.05) is 13.1 Å². The summed E-state index contributed by atoms with van der Waals surface area (Å²) in [6, 6.07) is 3.67.